The molecule has 4 heteroatoms. The van der Waals surface area contributed by atoms with E-state index in [0.717, 1.165) is 5.56 Å². The highest BCUT2D eigenvalue weighted by Gasteiger charge is 2.12. The lowest BCUT2D eigenvalue weighted by atomic mass is 10.1. The molecular weight excluding hydrogens is 206 g/mol. The zero-order valence-corrected chi connectivity index (χ0v) is 9.19. The van der Waals surface area contributed by atoms with Crippen molar-refractivity contribution in [1.82, 2.24) is 0 Å². The molecule has 0 aliphatic heterocycles. The summed E-state index contributed by atoms with van der Waals surface area (Å²) in [6.45, 7) is 0. The average Bonchev–Trinajstić information content (AvgIpc) is 2.82. The Kier molecular flexibility index (Phi) is 2.72. The molecule has 1 aromatic carbocycles. The Morgan fingerprint density at radius 2 is 1.81 bits per heavy atom. The van der Waals surface area contributed by atoms with Gasteiger partial charge in [-0.25, -0.2) is 0 Å². The van der Waals surface area contributed by atoms with Crippen molar-refractivity contribution in [2.75, 3.05) is 20.0 Å². The van der Waals surface area contributed by atoms with E-state index in [2.05, 4.69) is 0 Å². The molecule has 0 unspecified atom stereocenters. The molecule has 0 spiro atoms. The van der Waals surface area contributed by atoms with Crippen LogP contribution in [0.2, 0.25) is 0 Å². The molecule has 4 nitrogen and oxygen atoms in total. The number of furan rings is 1. The number of hydrogen-bond donors (Lipinski definition) is 1. The first-order valence-corrected chi connectivity index (χ1v) is 4.81. The van der Waals surface area contributed by atoms with Crippen LogP contribution in [0.4, 0.5) is 5.69 Å². The summed E-state index contributed by atoms with van der Waals surface area (Å²) in [6.07, 6.45) is 1.60. The van der Waals surface area contributed by atoms with Gasteiger partial charge < -0.3 is 19.6 Å². The third-order valence-corrected chi connectivity index (χ3v) is 2.34. The molecule has 0 saturated heterocycles. The molecule has 1 heterocycles. The van der Waals surface area contributed by atoms with Crippen molar-refractivity contribution in [1.29, 1.82) is 0 Å². The third-order valence-electron chi connectivity index (χ3n) is 2.34. The van der Waals surface area contributed by atoms with Crippen molar-refractivity contribution in [2.45, 2.75) is 0 Å². The van der Waals surface area contributed by atoms with E-state index >= 15 is 0 Å². The van der Waals surface area contributed by atoms with Crippen LogP contribution in [-0.4, -0.2) is 14.2 Å². The minimum atomic E-state index is 0.590. The molecule has 2 N–H and O–H groups in total. The highest BCUT2D eigenvalue weighted by molar-refractivity contribution is 5.76. The Labute approximate surface area is 93.6 Å². The molecule has 2 rings (SSSR count). The van der Waals surface area contributed by atoms with Gasteiger partial charge in [-0.3, -0.25) is 0 Å². The number of benzene rings is 1. The minimum Gasteiger partial charge on any atom is -0.493 e. The Bertz CT molecular complexity index is 477. The monoisotopic (exact) mass is 219 g/mol. The van der Waals surface area contributed by atoms with Gasteiger partial charge in [0.15, 0.2) is 11.5 Å². The number of anilines is 1. The zero-order chi connectivity index (χ0) is 11.5. The lowest BCUT2D eigenvalue weighted by Gasteiger charge is -2.11. The van der Waals surface area contributed by atoms with Crippen LogP contribution in [0, 0.1) is 0 Å². The van der Waals surface area contributed by atoms with Gasteiger partial charge >= 0.3 is 0 Å². The molecule has 84 valence electrons. The van der Waals surface area contributed by atoms with Gasteiger partial charge in [-0.1, -0.05) is 0 Å². The fraction of sp³-hybridized carbons (Fsp3) is 0.167. The average molecular weight is 219 g/mol. The van der Waals surface area contributed by atoms with Gasteiger partial charge in [0.2, 0.25) is 0 Å². The first-order valence-electron chi connectivity index (χ1n) is 4.81. The van der Waals surface area contributed by atoms with E-state index in [9.17, 15) is 0 Å². The van der Waals surface area contributed by atoms with Crippen molar-refractivity contribution in [3.8, 4) is 22.8 Å². The molecular formula is C12H13NO3. The summed E-state index contributed by atoms with van der Waals surface area (Å²) in [5.41, 5.74) is 7.30. The number of hydrogen-bond acceptors (Lipinski definition) is 4. The van der Waals surface area contributed by atoms with Crippen LogP contribution in [0.25, 0.3) is 11.3 Å². The summed E-state index contributed by atoms with van der Waals surface area (Å²) in [7, 11) is 3.16. The fourth-order valence-corrected chi connectivity index (χ4v) is 1.54. The Balaban J connectivity index is 2.55. The van der Waals surface area contributed by atoms with Crippen LogP contribution in [0.15, 0.2) is 34.9 Å². The summed E-state index contributed by atoms with van der Waals surface area (Å²) < 4.78 is 15.7. The number of ether oxygens (including phenoxy) is 2. The van der Waals surface area contributed by atoms with Gasteiger partial charge in [0.05, 0.1) is 20.5 Å². The lowest BCUT2D eigenvalue weighted by molar-refractivity contribution is 0.355. The number of rotatable bonds is 3. The van der Waals surface area contributed by atoms with E-state index in [1.54, 1.807) is 32.6 Å². The van der Waals surface area contributed by atoms with Crippen molar-refractivity contribution in [3.63, 3.8) is 0 Å². The quantitative estimate of drug-likeness (QED) is 0.806. The summed E-state index contributed by atoms with van der Waals surface area (Å²) in [5, 5.41) is 0. The SMILES string of the molecule is COc1cc(N)c(-c2ccco2)cc1OC. The minimum absolute atomic E-state index is 0.590. The van der Waals surface area contributed by atoms with Crippen molar-refractivity contribution < 1.29 is 13.9 Å². The Hall–Kier alpha value is -2.10. The molecule has 2 aromatic rings. The first-order chi connectivity index (χ1) is 7.76. The van der Waals surface area contributed by atoms with Crippen LogP contribution in [0.3, 0.4) is 0 Å². The second kappa shape index (κ2) is 4.18. The molecule has 0 aliphatic carbocycles. The maximum absolute atomic E-state index is 5.92. The number of nitrogen functional groups attached to an aromatic ring is 1. The van der Waals surface area contributed by atoms with Crippen molar-refractivity contribution in [3.05, 3.63) is 30.5 Å². The van der Waals surface area contributed by atoms with E-state index in [0.29, 0.717) is 22.9 Å². The van der Waals surface area contributed by atoms with Gasteiger partial charge in [-0.15, -0.1) is 0 Å². The largest absolute Gasteiger partial charge is 0.493 e. The van der Waals surface area contributed by atoms with Crippen molar-refractivity contribution in [2.24, 2.45) is 0 Å². The zero-order valence-electron chi connectivity index (χ0n) is 9.19. The molecule has 0 atom stereocenters. The first kappa shape index (κ1) is 10.4. The van der Waals surface area contributed by atoms with E-state index in [-0.39, 0.29) is 0 Å². The smallest absolute Gasteiger partial charge is 0.162 e. The number of methoxy groups -OCH3 is 2. The Morgan fingerprint density at radius 3 is 2.38 bits per heavy atom. The van der Waals surface area contributed by atoms with E-state index in [4.69, 9.17) is 19.6 Å². The summed E-state index contributed by atoms with van der Waals surface area (Å²) in [5.74, 6) is 1.94. The van der Waals surface area contributed by atoms with Crippen LogP contribution in [0.1, 0.15) is 0 Å². The van der Waals surface area contributed by atoms with Crippen LogP contribution in [0.5, 0.6) is 11.5 Å². The van der Waals surface area contributed by atoms with Crippen molar-refractivity contribution >= 4 is 5.69 Å². The van der Waals surface area contributed by atoms with Gasteiger partial charge in [0.1, 0.15) is 5.76 Å². The molecule has 0 saturated carbocycles. The fourth-order valence-electron chi connectivity index (χ4n) is 1.54. The highest BCUT2D eigenvalue weighted by atomic mass is 16.5. The summed E-state index contributed by atoms with van der Waals surface area (Å²) in [4.78, 5) is 0. The molecule has 0 fully saturated rings. The summed E-state index contributed by atoms with van der Waals surface area (Å²) in [6, 6.07) is 7.17. The van der Waals surface area contributed by atoms with Gasteiger partial charge in [-0.05, 0) is 18.2 Å². The molecule has 1 aromatic heterocycles. The van der Waals surface area contributed by atoms with Gasteiger partial charge in [0.25, 0.3) is 0 Å². The topological polar surface area (TPSA) is 57.6 Å². The van der Waals surface area contributed by atoms with Gasteiger partial charge in [-0.2, -0.15) is 0 Å². The van der Waals surface area contributed by atoms with Crippen LogP contribution < -0.4 is 15.2 Å². The lowest BCUT2D eigenvalue weighted by Crippen LogP contribution is -1.95. The molecule has 0 amide bonds. The van der Waals surface area contributed by atoms with Gasteiger partial charge in [0, 0.05) is 17.3 Å². The predicted molar refractivity (Wildman–Crippen MR) is 61.7 cm³/mol. The Morgan fingerprint density at radius 1 is 1.12 bits per heavy atom. The second-order valence-electron chi connectivity index (χ2n) is 3.27. The van der Waals surface area contributed by atoms with E-state index < -0.39 is 0 Å². The highest BCUT2D eigenvalue weighted by Crippen LogP contribution is 2.37. The standard InChI is InChI=1S/C12H13NO3/c1-14-11-6-8(10-4-3-5-16-10)9(13)7-12(11)15-2/h3-7H,13H2,1-2H3. The van der Waals surface area contributed by atoms with Crippen LogP contribution >= 0.6 is 0 Å². The third kappa shape index (κ3) is 1.69. The number of nitrogens with two attached hydrogens (primary N) is 1. The molecule has 0 bridgehead atoms. The molecule has 0 radical (unpaired) electrons. The van der Waals surface area contributed by atoms with E-state index in [1.165, 1.54) is 0 Å². The van der Waals surface area contributed by atoms with Crippen LogP contribution in [-0.2, 0) is 0 Å². The molecule has 0 aliphatic rings. The summed E-state index contributed by atoms with van der Waals surface area (Å²) >= 11 is 0. The molecule has 16 heavy (non-hydrogen) atoms. The maximum Gasteiger partial charge on any atom is 0.162 e. The predicted octanol–water partition coefficient (Wildman–Crippen LogP) is 2.55. The van der Waals surface area contributed by atoms with E-state index in [1.807, 2.05) is 12.1 Å². The maximum atomic E-state index is 5.92. The normalized spacial score (nSPS) is 10.1. The second-order valence-corrected chi connectivity index (χ2v) is 3.27.